The third-order valence-electron chi connectivity index (χ3n) is 9.54. The molecule has 3 nitrogen and oxygen atoms in total. The molecule has 0 saturated carbocycles. The highest BCUT2D eigenvalue weighted by atomic mass is 15.0. The minimum Gasteiger partial charge on any atom is -0.208 e. The van der Waals surface area contributed by atoms with Crippen LogP contribution in [0, 0.1) is 0 Å². The highest BCUT2D eigenvalue weighted by Crippen LogP contribution is 2.32. The molecule has 8 aromatic carbocycles. The van der Waals surface area contributed by atoms with Gasteiger partial charge in [-0.05, 0) is 73.5 Å². The van der Waals surface area contributed by atoms with E-state index in [1.807, 2.05) is 18.2 Å². The van der Waals surface area contributed by atoms with Crippen LogP contribution >= 0.6 is 0 Å². The summed E-state index contributed by atoms with van der Waals surface area (Å²) in [7, 11) is 0. The molecule has 244 valence electrons. The van der Waals surface area contributed by atoms with E-state index < -0.39 is 0 Å². The second-order valence-electron chi connectivity index (χ2n) is 12.9. The standard InChI is InChI=1S/C49H33N3/c1-4-11-34(12-5-1)37-19-21-39(22-20-37)42-27-28-44-33-46(30-29-43(44)31-42)49-51-47(40-25-23-38(24-26-40)35-13-6-2-7-14-35)50-48(52-49)45-18-10-17-41(32-45)36-15-8-3-9-16-36/h1-33H. The van der Waals surface area contributed by atoms with E-state index in [9.17, 15) is 0 Å². The number of hydrogen-bond donors (Lipinski definition) is 0. The largest absolute Gasteiger partial charge is 0.208 e. The predicted octanol–water partition coefficient (Wildman–Crippen LogP) is 12.7. The number of nitrogens with zero attached hydrogens (tertiary/aromatic N) is 3. The van der Waals surface area contributed by atoms with Crippen molar-refractivity contribution in [3.63, 3.8) is 0 Å². The summed E-state index contributed by atoms with van der Waals surface area (Å²) in [5, 5.41) is 2.29. The third-order valence-corrected chi connectivity index (χ3v) is 9.54. The van der Waals surface area contributed by atoms with E-state index in [1.54, 1.807) is 0 Å². The lowest BCUT2D eigenvalue weighted by Gasteiger charge is -2.11. The topological polar surface area (TPSA) is 38.7 Å². The first kappa shape index (κ1) is 31.0. The van der Waals surface area contributed by atoms with Crippen molar-refractivity contribution in [1.82, 2.24) is 15.0 Å². The molecule has 0 aliphatic heterocycles. The van der Waals surface area contributed by atoms with Gasteiger partial charge in [0.1, 0.15) is 0 Å². The molecule has 52 heavy (non-hydrogen) atoms. The molecule has 0 atom stereocenters. The first-order valence-corrected chi connectivity index (χ1v) is 17.5. The average Bonchev–Trinajstić information content (AvgIpc) is 3.24. The Morgan fingerprint density at radius 3 is 1.00 bits per heavy atom. The van der Waals surface area contributed by atoms with Crippen molar-refractivity contribution in [2.45, 2.75) is 0 Å². The summed E-state index contributed by atoms with van der Waals surface area (Å²) in [5.74, 6) is 1.91. The van der Waals surface area contributed by atoms with Gasteiger partial charge in [-0.15, -0.1) is 0 Å². The van der Waals surface area contributed by atoms with Crippen LogP contribution in [0.1, 0.15) is 0 Å². The monoisotopic (exact) mass is 663 g/mol. The summed E-state index contributed by atoms with van der Waals surface area (Å²) in [6.07, 6.45) is 0. The number of benzene rings is 8. The van der Waals surface area contributed by atoms with Crippen LogP contribution in [0.15, 0.2) is 200 Å². The minimum absolute atomic E-state index is 0.638. The summed E-state index contributed by atoms with van der Waals surface area (Å²) in [5.41, 5.74) is 12.2. The van der Waals surface area contributed by atoms with Crippen LogP contribution in [0.2, 0.25) is 0 Å². The van der Waals surface area contributed by atoms with Crippen LogP contribution in [0.3, 0.4) is 0 Å². The van der Waals surface area contributed by atoms with E-state index in [4.69, 9.17) is 15.0 Å². The summed E-state index contributed by atoms with van der Waals surface area (Å²) in [6.45, 7) is 0. The fourth-order valence-corrected chi connectivity index (χ4v) is 6.72. The molecule has 0 spiro atoms. The summed E-state index contributed by atoms with van der Waals surface area (Å²) < 4.78 is 0. The van der Waals surface area contributed by atoms with Crippen molar-refractivity contribution >= 4 is 10.8 Å². The smallest absolute Gasteiger partial charge is 0.164 e. The van der Waals surface area contributed by atoms with E-state index in [0.717, 1.165) is 44.2 Å². The zero-order valence-corrected chi connectivity index (χ0v) is 28.4. The van der Waals surface area contributed by atoms with Crippen LogP contribution in [-0.2, 0) is 0 Å². The fourth-order valence-electron chi connectivity index (χ4n) is 6.72. The molecule has 0 unspecified atom stereocenters. The molecule has 0 fully saturated rings. The minimum atomic E-state index is 0.638. The van der Waals surface area contributed by atoms with E-state index in [0.29, 0.717) is 17.5 Å². The van der Waals surface area contributed by atoms with Gasteiger partial charge in [0, 0.05) is 16.7 Å². The van der Waals surface area contributed by atoms with Gasteiger partial charge in [-0.2, -0.15) is 0 Å². The zero-order chi connectivity index (χ0) is 34.7. The van der Waals surface area contributed by atoms with Gasteiger partial charge in [-0.3, -0.25) is 0 Å². The van der Waals surface area contributed by atoms with Gasteiger partial charge < -0.3 is 0 Å². The Bertz CT molecular complexity index is 2630. The van der Waals surface area contributed by atoms with E-state index in [1.165, 1.54) is 27.8 Å². The van der Waals surface area contributed by atoms with Crippen molar-refractivity contribution in [2.24, 2.45) is 0 Å². The van der Waals surface area contributed by atoms with Gasteiger partial charge in [0.2, 0.25) is 0 Å². The van der Waals surface area contributed by atoms with Crippen molar-refractivity contribution in [2.75, 3.05) is 0 Å². The van der Waals surface area contributed by atoms with Gasteiger partial charge in [0.05, 0.1) is 0 Å². The lowest BCUT2D eigenvalue weighted by atomic mass is 9.97. The Balaban J connectivity index is 1.09. The number of hydrogen-bond acceptors (Lipinski definition) is 3. The normalized spacial score (nSPS) is 11.1. The lowest BCUT2D eigenvalue weighted by Crippen LogP contribution is -2.00. The van der Waals surface area contributed by atoms with Crippen LogP contribution in [-0.4, -0.2) is 15.0 Å². The van der Waals surface area contributed by atoms with Crippen molar-refractivity contribution in [3.8, 4) is 78.7 Å². The van der Waals surface area contributed by atoms with Crippen molar-refractivity contribution < 1.29 is 0 Å². The molecule has 0 saturated heterocycles. The SMILES string of the molecule is c1ccc(-c2ccc(-c3ccc4cc(-c5nc(-c6ccc(-c7ccccc7)cc6)nc(-c6cccc(-c7ccccc7)c6)n5)ccc4c3)cc2)cc1. The quantitative estimate of drug-likeness (QED) is 0.170. The molecule has 0 amide bonds. The van der Waals surface area contributed by atoms with Gasteiger partial charge in [0.25, 0.3) is 0 Å². The molecule has 1 aromatic heterocycles. The molecular weight excluding hydrogens is 631 g/mol. The molecular formula is C49H33N3. The van der Waals surface area contributed by atoms with E-state index in [-0.39, 0.29) is 0 Å². The average molecular weight is 664 g/mol. The van der Waals surface area contributed by atoms with Crippen LogP contribution < -0.4 is 0 Å². The molecule has 0 radical (unpaired) electrons. The van der Waals surface area contributed by atoms with Gasteiger partial charge >= 0.3 is 0 Å². The van der Waals surface area contributed by atoms with Crippen molar-refractivity contribution in [1.29, 1.82) is 0 Å². The fraction of sp³-hybridized carbons (Fsp3) is 0. The maximum Gasteiger partial charge on any atom is 0.164 e. The lowest BCUT2D eigenvalue weighted by molar-refractivity contribution is 1.07. The molecule has 3 heteroatoms. The van der Waals surface area contributed by atoms with Gasteiger partial charge in [-0.1, -0.05) is 182 Å². The summed E-state index contributed by atoms with van der Waals surface area (Å²) >= 11 is 0. The van der Waals surface area contributed by atoms with Crippen LogP contribution in [0.5, 0.6) is 0 Å². The van der Waals surface area contributed by atoms with E-state index in [2.05, 4.69) is 182 Å². The number of fused-ring (bicyclic) bond motifs is 1. The molecule has 0 N–H and O–H groups in total. The Labute approximate surface area is 303 Å². The second kappa shape index (κ2) is 13.7. The molecule has 0 bridgehead atoms. The molecule has 9 aromatic rings. The second-order valence-corrected chi connectivity index (χ2v) is 12.9. The van der Waals surface area contributed by atoms with Crippen LogP contribution in [0.25, 0.3) is 89.4 Å². The number of rotatable bonds is 7. The van der Waals surface area contributed by atoms with Crippen LogP contribution in [0.4, 0.5) is 0 Å². The molecule has 0 aliphatic carbocycles. The summed E-state index contributed by atoms with van der Waals surface area (Å²) in [6, 6.07) is 70.1. The Hall–Kier alpha value is -6.97. The predicted molar refractivity (Wildman–Crippen MR) is 215 cm³/mol. The Morgan fingerprint density at radius 2 is 0.481 bits per heavy atom. The molecule has 0 aliphatic rings. The molecule has 9 rings (SSSR count). The Kier molecular flexibility index (Phi) is 8.20. The maximum absolute atomic E-state index is 5.08. The highest BCUT2D eigenvalue weighted by molar-refractivity contribution is 5.90. The summed E-state index contributed by atoms with van der Waals surface area (Å²) in [4.78, 5) is 15.2. The Morgan fingerprint density at radius 1 is 0.192 bits per heavy atom. The van der Waals surface area contributed by atoms with Crippen molar-refractivity contribution in [3.05, 3.63) is 200 Å². The van der Waals surface area contributed by atoms with Gasteiger partial charge in [-0.25, -0.2) is 15.0 Å². The van der Waals surface area contributed by atoms with Gasteiger partial charge in [0.15, 0.2) is 17.5 Å². The zero-order valence-electron chi connectivity index (χ0n) is 28.4. The molecule has 1 heterocycles. The first-order chi connectivity index (χ1) is 25.7. The highest BCUT2D eigenvalue weighted by Gasteiger charge is 2.14. The van der Waals surface area contributed by atoms with E-state index >= 15 is 0 Å². The maximum atomic E-state index is 5.08. The first-order valence-electron chi connectivity index (χ1n) is 17.5. The number of aromatic nitrogens is 3. The third kappa shape index (κ3) is 6.39.